The van der Waals surface area contributed by atoms with Crippen molar-refractivity contribution in [3.05, 3.63) is 99.6 Å². The van der Waals surface area contributed by atoms with Gasteiger partial charge in [-0.15, -0.1) is 0 Å². The smallest absolute Gasteiger partial charge is 0.407 e. The summed E-state index contributed by atoms with van der Waals surface area (Å²) in [5.41, 5.74) is 4.99. The second-order valence-corrected chi connectivity index (χ2v) is 8.64. The van der Waals surface area contributed by atoms with E-state index in [2.05, 4.69) is 17.4 Å². The molecule has 0 fully saturated rings. The molecule has 0 aromatic heterocycles. The van der Waals surface area contributed by atoms with Crippen LogP contribution < -0.4 is 5.32 Å². The van der Waals surface area contributed by atoms with E-state index in [-0.39, 0.29) is 30.7 Å². The molecule has 0 radical (unpaired) electrons. The zero-order valence-electron chi connectivity index (χ0n) is 19.5. The topological polar surface area (TPSA) is 108 Å². The quantitative estimate of drug-likeness (QED) is 0.280. The molecule has 1 N–H and O–H groups in total. The van der Waals surface area contributed by atoms with Crippen LogP contribution >= 0.6 is 0 Å². The third kappa shape index (κ3) is 5.48. The molecule has 0 heterocycles. The van der Waals surface area contributed by atoms with Crippen LogP contribution in [0.3, 0.4) is 0 Å². The molecule has 1 atom stereocenters. The number of carbonyl (C=O) groups excluding carboxylic acids is 2. The molecule has 1 aliphatic rings. The summed E-state index contributed by atoms with van der Waals surface area (Å²) in [6.45, 7) is 3.55. The van der Waals surface area contributed by atoms with Crippen LogP contribution in [0.1, 0.15) is 36.5 Å². The lowest BCUT2D eigenvalue weighted by molar-refractivity contribution is -0.384. The Hall–Kier alpha value is -4.20. The molecule has 8 nitrogen and oxygen atoms in total. The number of carbonyl (C=O) groups is 2. The molecule has 0 saturated carbocycles. The van der Waals surface area contributed by atoms with Gasteiger partial charge in [0.15, 0.2) is 0 Å². The van der Waals surface area contributed by atoms with Gasteiger partial charge in [-0.1, -0.05) is 60.7 Å². The number of fused-ring (bicyclic) bond motifs is 3. The van der Waals surface area contributed by atoms with E-state index in [0.717, 1.165) is 22.3 Å². The van der Waals surface area contributed by atoms with Crippen molar-refractivity contribution in [1.29, 1.82) is 0 Å². The number of nitro groups is 1. The largest absolute Gasteiger partial charge is 0.461 e. The fourth-order valence-electron chi connectivity index (χ4n) is 4.28. The summed E-state index contributed by atoms with van der Waals surface area (Å²) < 4.78 is 10.9. The van der Waals surface area contributed by atoms with Gasteiger partial charge < -0.3 is 14.8 Å². The van der Waals surface area contributed by atoms with Crippen LogP contribution in [0.2, 0.25) is 0 Å². The Morgan fingerprint density at radius 2 is 1.51 bits per heavy atom. The highest BCUT2D eigenvalue weighted by Crippen LogP contribution is 2.44. The average molecular weight is 475 g/mol. The summed E-state index contributed by atoms with van der Waals surface area (Å²) in [6, 6.07) is 20.8. The first-order chi connectivity index (χ1) is 16.8. The Kier molecular flexibility index (Phi) is 7.10. The van der Waals surface area contributed by atoms with Crippen LogP contribution in [-0.4, -0.2) is 35.7 Å². The van der Waals surface area contributed by atoms with Gasteiger partial charge in [0.05, 0.1) is 11.0 Å². The summed E-state index contributed by atoms with van der Waals surface area (Å²) in [6.07, 6.45) is -1.00. The first kappa shape index (κ1) is 23.9. The van der Waals surface area contributed by atoms with Crippen molar-refractivity contribution in [2.45, 2.75) is 38.3 Å². The SMILES string of the molecule is CC(C)OC(=O)[C@H](Cc1ccc([N+](=O)[O-])cc1)NC(=O)OCC1c2ccccc2-c2ccccc21. The average Bonchev–Trinajstić information content (AvgIpc) is 3.16. The van der Waals surface area contributed by atoms with E-state index >= 15 is 0 Å². The van der Waals surface area contributed by atoms with E-state index < -0.39 is 23.0 Å². The molecule has 180 valence electrons. The van der Waals surface area contributed by atoms with Crippen LogP contribution in [0.5, 0.6) is 0 Å². The van der Waals surface area contributed by atoms with Gasteiger partial charge in [-0.3, -0.25) is 10.1 Å². The third-order valence-electron chi connectivity index (χ3n) is 5.86. The van der Waals surface area contributed by atoms with E-state index in [4.69, 9.17) is 9.47 Å². The number of nitrogens with one attached hydrogen (secondary N) is 1. The Morgan fingerprint density at radius 3 is 2.06 bits per heavy atom. The fraction of sp³-hybridized carbons (Fsp3) is 0.259. The molecule has 3 aromatic rings. The van der Waals surface area contributed by atoms with Gasteiger partial charge in [-0.2, -0.15) is 0 Å². The molecule has 1 amide bonds. The summed E-state index contributed by atoms with van der Waals surface area (Å²) in [5, 5.41) is 13.5. The Bertz CT molecular complexity index is 1190. The predicted octanol–water partition coefficient (Wildman–Crippen LogP) is 5.00. The van der Waals surface area contributed by atoms with Crippen molar-refractivity contribution in [2.24, 2.45) is 0 Å². The lowest BCUT2D eigenvalue weighted by atomic mass is 9.98. The van der Waals surface area contributed by atoms with Gasteiger partial charge >= 0.3 is 12.1 Å². The minimum absolute atomic E-state index is 0.0560. The van der Waals surface area contributed by atoms with Crippen LogP contribution in [0.4, 0.5) is 10.5 Å². The molecule has 1 aliphatic carbocycles. The van der Waals surface area contributed by atoms with E-state index in [1.807, 2.05) is 36.4 Å². The van der Waals surface area contributed by atoms with E-state index in [1.54, 1.807) is 26.0 Å². The maximum absolute atomic E-state index is 12.7. The molecule has 0 bridgehead atoms. The Morgan fingerprint density at radius 1 is 0.943 bits per heavy atom. The van der Waals surface area contributed by atoms with E-state index in [9.17, 15) is 19.7 Å². The number of nitrogens with zero attached hydrogens (tertiary/aromatic N) is 1. The number of rotatable bonds is 8. The van der Waals surface area contributed by atoms with Gasteiger partial charge in [0.25, 0.3) is 5.69 Å². The first-order valence-corrected chi connectivity index (χ1v) is 11.4. The molecular formula is C27H26N2O6. The van der Waals surface area contributed by atoms with Crippen molar-refractivity contribution in [2.75, 3.05) is 6.61 Å². The van der Waals surface area contributed by atoms with Gasteiger partial charge in [0, 0.05) is 24.5 Å². The van der Waals surface area contributed by atoms with Gasteiger partial charge in [0.1, 0.15) is 12.6 Å². The van der Waals surface area contributed by atoms with E-state index in [0.29, 0.717) is 5.56 Å². The number of benzene rings is 3. The number of esters is 1. The Balaban J connectivity index is 1.45. The molecule has 4 rings (SSSR count). The normalized spacial score (nSPS) is 13.0. The zero-order valence-corrected chi connectivity index (χ0v) is 19.5. The van der Waals surface area contributed by atoms with Gasteiger partial charge in [-0.25, -0.2) is 9.59 Å². The second-order valence-electron chi connectivity index (χ2n) is 8.64. The second kappa shape index (κ2) is 10.4. The molecule has 0 saturated heterocycles. The highest BCUT2D eigenvalue weighted by atomic mass is 16.6. The summed E-state index contributed by atoms with van der Waals surface area (Å²) in [4.78, 5) is 35.8. The van der Waals surface area contributed by atoms with Crippen molar-refractivity contribution >= 4 is 17.7 Å². The molecule has 8 heteroatoms. The lowest BCUT2D eigenvalue weighted by Gasteiger charge is -2.20. The summed E-state index contributed by atoms with van der Waals surface area (Å²) in [7, 11) is 0. The number of nitro benzene ring substituents is 1. The number of amides is 1. The maximum Gasteiger partial charge on any atom is 0.407 e. The molecule has 0 aliphatic heterocycles. The fourth-order valence-corrected chi connectivity index (χ4v) is 4.28. The number of ether oxygens (including phenoxy) is 2. The van der Waals surface area contributed by atoms with Crippen LogP contribution in [-0.2, 0) is 20.7 Å². The highest BCUT2D eigenvalue weighted by molar-refractivity contribution is 5.82. The predicted molar refractivity (Wildman–Crippen MR) is 130 cm³/mol. The number of hydrogen-bond donors (Lipinski definition) is 1. The maximum atomic E-state index is 12.7. The molecular weight excluding hydrogens is 448 g/mol. The number of alkyl carbamates (subject to hydrolysis) is 1. The Labute approximate surface area is 203 Å². The van der Waals surface area contributed by atoms with Crippen molar-refractivity contribution in [3.63, 3.8) is 0 Å². The van der Waals surface area contributed by atoms with E-state index in [1.165, 1.54) is 12.1 Å². The zero-order chi connectivity index (χ0) is 24.9. The minimum Gasteiger partial charge on any atom is -0.461 e. The third-order valence-corrected chi connectivity index (χ3v) is 5.86. The van der Waals surface area contributed by atoms with Crippen LogP contribution in [0.25, 0.3) is 11.1 Å². The van der Waals surface area contributed by atoms with Gasteiger partial charge in [-0.05, 0) is 41.7 Å². The molecule has 35 heavy (non-hydrogen) atoms. The highest BCUT2D eigenvalue weighted by Gasteiger charge is 2.30. The molecule has 0 spiro atoms. The van der Waals surface area contributed by atoms with Gasteiger partial charge in [0.2, 0.25) is 0 Å². The van der Waals surface area contributed by atoms with Crippen LogP contribution in [0.15, 0.2) is 72.8 Å². The van der Waals surface area contributed by atoms with Crippen molar-refractivity contribution in [1.82, 2.24) is 5.32 Å². The molecule has 0 unspecified atom stereocenters. The van der Waals surface area contributed by atoms with Crippen molar-refractivity contribution in [3.8, 4) is 11.1 Å². The lowest BCUT2D eigenvalue weighted by Crippen LogP contribution is -2.44. The van der Waals surface area contributed by atoms with Crippen molar-refractivity contribution < 1.29 is 24.0 Å². The summed E-state index contributed by atoms with van der Waals surface area (Å²) in [5.74, 6) is -0.712. The first-order valence-electron chi connectivity index (χ1n) is 11.4. The standard InChI is InChI=1S/C27H26N2O6/c1-17(2)35-26(30)25(15-18-11-13-19(14-12-18)29(32)33)28-27(31)34-16-24-22-9-5-3-7-20(22)21-8-4-6-10-23(21)24/h3-14,17,24-25H,15-16H2,1-2H3,(H,28,31)/t25-/m0/s1. The number of hydrogen-bond acceptors (Lipinski definition) is 6. The molecule has 3 aromatic carbocycles. The number of non-ortho nitro benzene ring substituents is 1. The van der Waals surface area contributed by atoms with Crippen LogP contribution in [0, 0.1) is 10.1 Å². The minimum atomic E-state index is -1.01. The summed E-state index contributed by atoms with van der Waals surface area (Å²) >= 11 is 0. The monoisotopic (exact) mass is 474 g/mol.